The van der Waals surface area contributed by atoms with E-state index in [0.717, 1.165) is 22.4 Å². The van der Waals surface area contributed by atoms with Crippen LogP contribution in [0.4, 0.5) is 10.1 Å². The maximum Gasteiger partial charge on any atom is 0.244 e. The number of hydrogen-bond donors (Lipinski definition) is 0. The van der Waals surface area contributed by atoms with Crippen molar-refractivity contribution in [2.75, 3.05) is 18.5 Å². The number of rotatable bonds is 3. The van der Waals surface area contributed by atoms with E-state index in [2.05, 4.69) is 6.92 Å². The second-order valence-corrected chi connectivity index (χ2v) is 10.7. The Morgan fingerprint density at radius 2 is 1.68 bits per heavy atom. The van der Waals surface area contributed by atoms with Gasteiger partial charge in [-0.25, -0.2) is 12.8 Å². The average Bonchev–Trinajstić information content (AvgIpc) is 3.19. The van der Waals surface area contributed by atoms with E-state index in [4.69, 9.17) is 0 Å². The molecule has 0 spiro atoms. The Kier molecular flexibility index (Phi) is 4.50. The number of sulfonamides is 1. The van der Waals surface area contributed by atoms with Crippen molar-refractivity contribution in [2.45, 2.75) is 36.2 Å². The average molecular weight is 437 g/mol. The molecule has 5 rings (SSSR count). The van der Waals surface area contributed by atoms with Crippen molar-refractivity contribution in [1.29, 1.82) is 0 Å². The molecule has 0 N–H and O–H groups in total. The lowest BCUT2D eigenvalue weighted by molar-refractivity contribution is 0.324. The van der Waals surface area contributed by atoms with Crippen LogP contribution in [-0.4, -0.2) is 32.5 Å². The molecule has 1 saturated heterocycles. The third kappa shape index (κ3) is 2.85. The Morgan fingerprint density at radius 3 is 2.35 bits per heavy atom. The number of nitrogens with zero attached hydrogens (tertiary/aromatic N) is 2. The molecule has 0 saturated carbocycles. The Balaban J connectivity index is 1.71. The fraction of sp³-hybridized carbons (Fsp3) is 0.280. The largest absolute Gasteiger partial charge is 0.357 e. The van der Waals surface area contributed by atoms with Crippen LogP contribution in [0, 0.1) is 12.7 Å². The molecule has 160 valence electrons. The van der Waals surface area contributed by atoms with Gasteiger partial charge in [0.05, 0.1) is 4.90 Å². The van der Waals surface area contributed by atoms with Crippen molar-refractivity contribution in [3.05, 3.63) is 95.3 Å². The first-order valence-electron chi connectivity index (χ1n) is 10.4. The van der Waals surface area contributed by atoms with E-state index in [1.165, 1.54) is 6.07 Å². The second kappa shape index (κ2) is 6.90. The van der Waals surface area contributed by atoms with Crippen LogP contribution in [0.3, 0.4) is 0 Å². The topological polar surface area (TPSA) is 40.6 Å². The molecule has 2 aliphatic heterocycles. The first-order chi connectivity index (χ1) is 14.7. The molecule has 1 fully saturated rings. The van der Waals surface area contributed by atoms with Crippen molar-refractivity contribution < 1.29 is 12.8 Å². The molecule has 0 aromatic heterocycles. The lowest BCUT2D eigenvalue weighted by Gasteiger charge is -2.35. The van der Waals surface area contributed by atoms with Gasteiger partial charge in [-0.1, -0.05) is 55.0 Å². The summed E-state index contributed by atoms with van der Waals surface area (Å²) in [7, 11) is -1.85. The van der Waals surface area contributed by atoms with Gasteiger partial charge in [-0.05, 0) is 48.4 Å². The van der Waals surface area contributed by atoms with E-state index in [0.29, 0.717) is 6.54 Å². The van der Waals surface area contributed by atoms with E-state index in [1.807, 2.05) is 61.3 Å². The molecular formula is C25H25FN2O2S. The van der Waals surface area contributed by atoms with Crippen molar-refractivity contribution in [3.8, 4) is 0 Å². The van der Waals surface area contributed by atoms with Gasteiger partial charge in [0.2, 0.25) is 10.0 Å². The molecule has 4 nitrogen and oxygen atoms in total. The Labute approximate surface area is 183 Å². The van der Waals surface area contributed by atoms with E-state index >= 15 is 0 Å². The summed E-state index contributed by atoms with van der Waals surface area (Å²) < 4.78 is 43.5. The lowest BCUT2D eigenvalue weighted by Crippen LogP contribution is -2.49. The molecule has 3 atom stereocenters. The van der Waals surface area contributed by atoms with E-state index < -0.39 is 21.6 Å². The van der Waals surface area contributed by atoms with Crippen LogP contribution in [0.25, 0.3) is 0 Å². The minimum absolute atomic E-state index is 0.107. The van der Waals surface area contributed by atoms with Crippen molar-refractivity contribution in [3.63, 3.8) is 0 Å². The highest BCUT2D eigenvalue weighted by Crippen LogP contribution is 2.58. The van der Waals surface area contributed by atoms with Crippen LogP contribution >= 0.6 is 0 Å². The smallest absolute Gasteiger partial charge is 0.244 e. The maximum absolute atomic E-state index is 14.3. The number of benzene rings is 3. The molecule has 2 aliphatic rings. The summed E-state index contributed by atoms with van der Waals surface area (Å²) in [4.78, 5) is 2.27. The SMILES string of the molecule is Cc1ccc(S(=O)(=O)N2C[C@@H](c3ccccc3)[C@@]3(C)c4cc(F)ccc4N(C)[C@@H]23)cc1. The Hall–Kier alpha value is -2.70. The number of halogens is 1. The van der Waals surface area contributed by atoms with Gasteiger partial charge in [0.25, 0.3) is 0 Å². The zero-order valence-electron chi connectivity index (χ0n) is 17.8. The van der Waals surface area contributed by atoms with Crippen molar-refractivity contribution >= 4 is 15.7 Å². The van der Waals surface area contributed by atoms with Crippen LogP contribution < -0.4 is 4.90 Å². The van der Waals surface area contributed by atoms with Crippen LogP contribution in [0.1, 0.15) is 29.5 Å². The zero-order chi connectivity index (χ0) is 22.0. The zero-order valence-corrected chi connectivity index (χ0v) is 18.6. The van der Waals surface area contributed by atoms with E-state index in [-0.39, 0.29) is 16.6 Å². The summed E-state index contributed by atoms with van der Waals surface area (Å²) in [5, 5.41) is 0. The Morgan fingerprint density at radius 1 is 1.00 bits per heavy atom. The summed E-state index contributed by atoms with van der Waals surface area (Å²) in [5.41, 5.74) is 3.20. The molecule has 0 radical (unpaired) electrons. The number of aryl methyl sites for hydroxylation is 1. The van der Waals surface area contributed by atoms with E-state index in [1.54, 1.807) is 28.6 Å². The first-order valence-corrected chi connectivity index (χ1v) is 11.8. The van der Waals surface area contributed by atoms with Crippen LogP contribution in [-0.2, 0) is 15.4 Å². The molecule has 6 heteroatoms. The van der Waals surface area contributed by atoms with Crippen LogP contribution in [0.5, 0.6) is 0 Å². The normalized spacial score (nSPS) is 25.5. The fourth-order valence-corrected chi connectivity index (χ4v) is 7.18. The van der Waals surface area contributed by atoms with Gasteiger partial charge in [-0.2, -0.15) is 4.31 Å². The minimum atomic E-state index is -3.75. The molecule has 31 heavy (non-hydrogen) atoms. The highest BCUT2D eigenvalue weighted by atomic mass is 32.2. The summed E-state index contributed by atoms with van der Waals surface area (Å²) in [6.07, 6.45) is -0.444. The van der Waals surface area contributed by atoms with E-state index in [9.17, 15) is 12.8 Å². The highest BCUT2D eigenvalue weighted by molar-refractivity contribution is 7.89. The molecular weight excluding hydrogens is 411 g/mol. The molecule has 2 heterocycles. The highest BCUT2D eigenvalue weighted by Gasteiger charge is 2.62. The molecule has 0 aliphatic carbocycles. The predicted octanol–water partition coefficient (Wildman–Crippen LogP) is 4.66. The van der Waals surface area contributed by atoms with Crippen molar-refractivity contribution in [1.82, 2.24) is 4.31 Å². The van der Waals surface area contributed by atoms with Crippen molar-refractivity contribution in [2.24, 2.45) is 0 Å². The van der Waals surface area contributed by atoms with Gasteiger partial charge in [-0.15, -0.1) is 0 Å². The monoisotopic (exact) mass is 436 g/mol. The lowest BCUT2D eigenvalue weighted by atomic mass is 9.71. The minimum Gasteiger partial charge on any atom is -0.357 e. The number of likely N-dealkylation sites (N-methyl/N-ethyl adjacent to an activating group) is 1. The predicted molar refractivity (Wildman–Crippen MR) is 120 cm³/mol. The van der Waals surface area contributed by atoms with Gasteiger partial charge in [0.15, 0.2) is 0 Å². The molecule has 0 unspecified atom stereocenters. The van der Waals surface area contributed by atoms with Gasteiger partial charge < -0.3 is 4.90 Å². The molecule has 3 aromatic carbocycles. The summed E-state index contributed by atoms with van der Waals surface area (Å²) in [6, 6.07) is 21.7. The summed E-state index contributed by atoms with van der Waals surface area (Å²) in [6.45, 7) is 4.34. The second-order valence-electron chi connectivity index (χ2n) is 8.78. The standard InChI is InChI=1S/C25H25FN2O2S/c1-17-9-12-20(13-10-17)31(29,30)28-16-22(18-7-5-4-6-8-18)25(2)21-15-19(26)11-14-23(21)27(3)24(25)28/h4-15,22,24H,16H2,1-3H3/t22-,24-,25+/m0/s1. The third-order valence-electron chi connectivity index (χ3n) is 7.01. The number of hydrogen-bond acceptors (Lipinski definition) is 3. The Bertz CT molecular complexity index is 1240. The quantitative estimate of drug-likeness (QED) is 0.600. The summed E-state index contributed by atoms with van der Waals surface area (Å²) in [5.74, 6) is -0.412. The van der Waals surface area contributed by atoms with Gasteiger partial charge in [0, 0.05) is 30.6 Å². The van der Waals surface area contributed by atoms with Gasteiger partial charge in [0.1, 0.15) is 12.0 Å². The third-order valence-corrected chi connectivity index (χ3v) is 8.84. The maximum atomic E-state index is 14.3. The summed E-state index contributed by atoms with van der Waals surface area (Å²) >= 11 is 0. The number of fused-ring (bicyclic) bond motifs is 3. The molecule has 0 bridgehead atoms. The first kappa shape index (κ1) is 20.2. The molecule has 3 aromatic rings. The van der Waals surface area contributed by atoms with Gasteiger partial charge >= 0.3 is 0 Å². The van der Waals surface area contributed by atoms with Gasteiger partial charge in [-0.3, -0.25) is 0 Å². The number of anilines is 1. The fourth-order valence-electron chi connectivity index (χ4n) is 5.46. The van der Waals surface area contributed by atoms with Crippen LogP contribution in [0.15, 0.2) is 77.7 Å². The molecule has 0 amide bonds. The van der Waals surface area contributed by atoms with Crippen LogP contribution in [0.2, 0.25) is 0 Å².